The molecule has 1 spiro atoms. The van der Waals surface area contributed by atoms with Crippen molar-refractivity contribution in [3.05, 3.63) is 0 Å². The summed E-state index contributed by atoms with van der Waals surface area (Å²) >= 11 is 0. The standard InChI is InChI=1S/C20H32O3/c1-17-8-4-9-18(2,16(21)22)14(17)7-10-20-11-13(5-6-15(17)20)19(3,23)12-20/h13-15,23H,4-12H2,1-3H3,(H,21,22)/t13-,14-,15-,17+,18+,19+,20-/m0/s1. The number of carboxylic acids is 1. The van der Waals surface area contributed by atoms with Crippen molar-refractivity contribution >= 4 is 5.97 Å². The Morgan fingerprint density at radius 2 is 1.74 bits per heavy atom. The van der Waals surface area contributed by atoms with Gasteiger partial charge in [-0.25, -0.2) is 0 Å². The zero-order valence-electron chi connectivity index (χ0n) is 14.9. The average molecular weight is 320 g/mol. The summed E-state index contributed by atoms with van der Waals surface area (Å²) in [6.45, 7) is 6.45. The SMILES string of the molecule is C[C@@]12CCC[C@@](C)(C(=O)O)[C@H]1CC[C@@]13C[C@H](CC[C@H]12)[C@](C)(O)C3. The number of hydrogen-bond acceptors (Lipinski definition) is 2. The molecular formula is C20H32O3. The van der Waals surface area contributed by atoms with Crippen LogP contribution in [-0.4, -0.2) is 21.8 Å². The van der Waals surface area contributed by atoms with Crippen LogP contribution in [0, 0.1) is 34.0 Å². The quantitative estimate of drug-likeness (QED) is 0.760. The highest BCUT2D eigenvalue weighted by molar-refractivity contribution is 5.75. The van der Waals surface area contributed by atoms with Crippen molar-refractivity contribution in [2.24, 2.45) is 34.0 Å². The third kappa shape index (κ3) is 1.89. The van der Waals surface area contributed by atoms with Gasteiger partial charge < -0.3 is 10.2 Å². The Hall–Kier alpha value is -0.570. The Morgan fingerprint density at radius 1 is 1.00 bits per heavy atom. The Bertz CT molecular complexity index is 541. The highest BCUT2D eigenvalue weighted by Crippen LogP contribution is 2.72. The van der Waals surface area contributed by atoms with Crippen molar-refractivity contribution in [1.82, 2.24) is 0 Å². The number of carboxylic acid groups (broad SMARTS) is 1. The summed E-state index contributed by atoms with van der Waals surface area (Å²) in [6.07, 6.45) is 9.68. The lowest BCUT2D eigenvalue weighted by molar-refractivity contribution is -0.181. The highest BCUT2D eigenvalue weighted by Gasteiger charge is 2.67. The van der Waals surface area contributed by atoms with Crippen LogP contribution < -0.4 is 0 Å². The van der Waals surface area contributed by atoms with E-state index in [9.17, 15) is 15.0 Å². The second-order valence-corrected chi connectivity index (χ2v) is 10.1. The molecule has 4 aliphatic carbocycles. The molecule has 0 heterocycles. The van der Waals surface area contributed by atoms with Gasteiger partial charge >= 0.3 is 5.97 Å². The van der Waals surface area contributed by atoms with Crippen molar-refractivity contribution in [2.75, 3.05) is 0 Å². The van der Waals surface area contributed by atoms with E-state index in [1.54, 1.807) is 0 Å². The molecule has 4 rings (SSSR count). The molecule has 0 aromatic heterocycles. The van der Waals surface area contributed by atoms with Gasteiger partial charge in [0.1, 0.15) is 0 Å². The summed E-state index contributed by atoms with van der Waals surface area (Å²) in [4.78, 5) is 12.1. The van der Waals surface area contributed by atoms with Gasteiger partial charge in [-0.1, -0.05) is 13.3 Å². The Morgan fingerprint density at radius 3 is 2.43 bits per heavy atom. The highest BCUT2D eigenvalue weighted by atomic mass is 16.4. The van der Waals surface area contributed by atoms with Gasteiger partial charge in [0.25, 0.3) is 0 Å². The lowest BCUT2D eigenvalue weighted by atomic mass is 9.41. The van der Waals surface area contributed by atoms with Crippen LogP contribution in [0.5, 0.6) is 0 Å². The van der Waals surface area contributed by atoms with Crippen molar-refractivity contribution in [3.63, 3.8) is 0 Å². The Balaban J connectivity index is 1.74. The summed E-state index contributed by atoms with van der Waals surface area (Å²) in [7, 11) is 0. The van der Waals surface area contributed by atoms with E-state index in [0.717, 1.165) is 38.5 Å². The molecule has 3 heteroatoms. The van der Waals surface area contributed by atoms with Gasteiger partial charge in [0.2, 0.25) is 0 Å². The van der Waals surface area contributed by atoms with E-state index in [1.165, 1.54) is 19.3 Å². The van der Waals surface area contributed by atoms with Crippen molar-refractivity contribution < 1.29 is 15.0 Å². The van der Waals surface area contributed by atoms with Gasteiger partial charge in [0.15, 0.2) is 0 Å². The van der Waals surface area contributed by atoms with E-state index < -0.39 is 17.0 Å². The molecule has 7 atom stereocenters. The van der Waals surface area contributed by atoms with Crippen molar-refractivity contribution in [1.29, 1.82) is 0 Å². The first-order chi connectivity index (χ1) is 10.6. The Labute approximate surface area is 139 Å². The van der Waals surface area contributed by atoms with E-state index in [1.807, 2.05) is 13.8 Å². The fourth-order valence-electron chi connectivity index (χ4n) is 8.05. The molecule has 23 heavy (non-hydrogen) atoms. The first kappa shape index (κ1) is 15.9. The third-order valence-electron chi connectivity index (χ3n) is 8.98. The van der Waals surface area contributed by atoms with Gasteiger partial charge in [-0.3, -0.25) is 4.79 Å². The molecule has 0 unspecified atom stereocenters. The molecule has 130 valence electrons. The van der Waals surface area contributed by atoms with Crippen LogP contribution in [0.1, 0.15) is 78.6 Å². The normalized spacial score (nSPS) is 58.3. The van der Waals surface area contributed by atoms with Gasteiger partial charge in [0, 0.05) is 0 Å². The molecule has 3 nitrogen and oxygen atoms in total. The summed E-state index contributed by atoms with van der Waals surface area (Å²) in [5.41, 5.74) is -0.612. The van der Waals surface area contributed by atoms with E-state index in [-0.39, 0.29) is 10.8 Å². The van der Waals surface area contributed by atoms with Crippen molar-refractivity contribution in [2.45, 2.75) is 84.2 Å². The molecule has 2 bridgehead atoms. The number of carbonyl (C=O) groups is 1. The lowest BCUT2D eigenvalue weighted by Gasteiger charge is -2.63. The predicted octanol–water partition coefficient (Wildman–Crippen LogP) is 4.23. The first-order valence-corrected chi connectivity index (χ1v) is 9.60. The monoisotopic (exact) mass is 320 g/mol. The molecule has 0 amide bonds. The molecule has 0 aromatic rings. The largest absolute Gasteiger partial charge is 0.481 e. The van der Waals surface area contributed by atoms with Crippen LogP contribution in [0.2, 0.25) is 0 Å². The van der Waals surface area contributed by atoms with E-state index in [2.05, 4.69) is 6.92 Å². The van der Waals surface area contributed by atoms with E-state index in [0.29, 0.717) is 17.8 Å². The fourth-order valence-corrected chi connectivity index (χ4v) is 8.05. The third-order valence-corrected chi connectivity index (χ3v) is 8.98. The minimum absolute atomic E-state index is 0.148. The summed E-state index contributed by atoms with van der Waals surface area (Å²) < 4.78 is 0. The van der Waals surface area contributed by atoms with Gasteiger partial charge in [-0.05, 0) is 93.8 Å². The number of aliphatic hydroxyl groups is 1. The van der Waals surface area contributed by atoms with Crippen LogP contribution >= 0.6 is 0 Å². The number of aliphatic carboxylic acids is 1. The van der Waals surface area contributed by atoms with Crippen molar-refractivity contribution in [3.8, 4) is 0 Å². The minimum Gasteiger partial charge on any atom is -0.481 e. The zero-order valence-corrected chi connectivity index (χ0v) is 14.9. The van der Waals surface area contributed by atoms with Crippen LogP contribution in [-0.2, 0) is 4.79 Å². The molecule has 0 radical (unpaired) electrons. The van der Waals surface area contributed by atoms with Gasteiger partial charge in [-0.15, -0.1) is 0 Å². The maximum Gasteiger partial charge on any atom is 0.309 e. The topological polar surface area (TPSA) is 57.5 Å². The number of hydrogen-bond donors (Lipinski definition) is 2. The van der Waals surface area contributed by atoms with Gasteiger partial charge in [-0.2, -0.15) is 0 Å². The second kappa shape index (κ2) is 4.53. The number of rotatable bonds is 1. The molecule has 4 aliphatic rings. The molecule has 4 saturated carbocycles. The fraction of sp³-hybridized carbons (Fsp3) is 0.950. The molecule has 0 saturated heterocycles. The lowest BCUT2D eigenvalue weighted by Crippen LogP contribution is -2.58. The smallest absolute Gasteiger partial charge is 0.309 e. The molecule has 4 fully saturated rings. The maximum atomic E-state index is 12.1. The van der Waals surface area contributed by atoms with Crippen LogP contribution in [0.3, 0.4) is 0 Å². The maximum absolute atomic E-state index is 12.1. The molecule has 0 aliphatic heterocycles. The summed E-state index contributed by atoms with van der Waals surface area (Å²) in [6, 6.07) is 0. The van der Waals surface area contributed by atoms with Crippen LogP contribution in [0.15, 0.2) is 0 Å². The van der Waals surface area contributed by atoms with Gasteiger partial charge in [0.05, 0.1) is 11.0 Å². The second-order valence-electron chi connectivity index (χ2n) is 10.1. The molecule has 0 aromatic carbocycles. The molecule has 2 N–H and O–H groups in total. The predicted molar refractivity (Wildman–Crippen MR) is 88.9 cm³/mol. The summed E-state index contributed by atoms with van der Waals surface area (Å²) in [5.74, 6) is 0.793. The van der Waals surface area contributed by atoms with Crippen LogP contribution in [0.25, 0.3) is 0 Å². The first-order valence-electron chi connectivity index (χ1n) is 9.60. The number of fused-ring (bicyclic) bond motifs is 3. The summed E-state index contributed by atoms with van der Waals surface area (Å²) in [5, 5.41) is 20.8. The Kier molecular flexibility index (Phi) is 3.14. The van der Waals surface area contributed by atoms with E-state index >= 15 is 0 Å². The molecular weight excluding hydrogens is 288 g/mol. The van der Waals surface area contributed by atoms with Crippen LogP contribution in [0.4, 0.5) is 0 Å². The van der Waals surface area contributed by atoms with E-state index in [4.69, 9.17) is 0 Å². The average Bonchev–Trinajstić information content (AvgIpc) is 2.63. The zero-order chi connectivity index (χ0) is 16.7. The minimum atomic E-state index is -0.587.